The SMILES string of the molecule is Cc1cccc(/C=N/Nc2nc(N3CCCCC3)nc3c2ncn3-c2cccnc2)c1. The highest BCUT2D eigenvalue weighted by molar-refractivity contribution is 5.87. The Morgan fingerprint density at radius 2 is 1.97 bits per heavy atom. The van der Waals surface area contributed by atoms with Gasteiger partial charge in [0.2, 0.25) is 5.95 Å². The van der Waals surface area contributed by atoms with Gasteiger partial charge < -0.3 is 4.90 Å². The summed E-state index contributed by atoms with van der Waals surface area (Å²) in [5.41, 5.74) is 7.62. The molecule has 4 aromatic rings. The number of rotatable bonds is 5. The first kappa shape index (κ1) is 19.2. The molecule has 0 radical (unpaired) electrons. The topological polar surface area (TPSA) is 84.1 Å². The molecule has 5 rings (SSSR count). The highest BCUT2D eigenvalue weighted by atomic mass is 15.4. The van der Waals surface area contributed by atoms with Gasteiger partial charge in [-0.1, -0.05) is 29.8 Å². The van der Waals surface area contributed by atoms with Crippen molar-refractivity contribution in [2.24, 2.45) is 5.10 Å². The maximum absolute atomic E-state index is 4.87. The lowest BCUT2D eigenvalue weighted by Crippen LogP contribution is -2.31. The van der Waals surface area contributed by atoms with Crippen molar-refractivity contribution in [2.45, 2.75) is 26.2 Å². The number of benzene rings is 1. The highest BCUT2D eigenvalue weighted by Crippen LogP contribution is 2.26. The van der Waals surface area contributed by atoms with Crippen molar-refractivity contribution in [3.63, 3.8) is 0 Å². The van der Waals surface area contributed by atoms with Crippen molar-refractivity contribution in [1.82, 2.24) is 24.5 Å². The Kier molecular flexibility index (Phi) is 5.26. The van der Waals surface area contributed by atoms with Crippen LogP contribution in [0.15, 0.2) is 60.2 Å². The van der Waals surface area contributed by atoms with E-state index < -0.39 is 0 Å². The fourth-order valence-electron chi connectivity index (χ4n) is 3.81. The van der Waals surface area contributed by atoms with Crippen molar-refractivity contribution >= 4 is 29.1 Å². The maximum Gasteiger partial charge on any atom is 0.229 e. The van der Waals surface area contributed by atoms with Gasteiger partial charge in [0, 0.05) is 19.3 Å². The normalized spacial score (nSPS) is 14.4. The monoisotopic (exact) mass is 412 g/mol. The molecule has 1 aliphatic heterocycles. The van der Waals surface area contributed by atoms with Crippen LogP contribution < -0.4 is 10.3 Å². The summed E-state index contributed by atoms with van der Waals surface area (Å²) >= 11 is 0. The average molecular weight is 413 g/mol. The maximum atomic E-state index is 4.87. The molecule has 0 atom stereocenters. The van der Waals surface area contributed by atoms with Crippen molar-refractivity contribution < 1.29 is 0 Å². The first-order chi connectivity index (χ1) is 15.3. The molecule has 1 fully saturated rings. The number of hydrogen-bond donors (Lipinski definition) is 1. The molecule has 0 amide bonds. The Balaban J connectivity index is 1.54. The summed E-state index contributed by atoms with van der Waals surface area (Å²) in [6.07, 6.45) is 10.6. The van der Waals surface area contributed by atoms with E-state index in [0.29, 0.717) is 17.3 Å². The second-order valence-electron chi connectivity index (χ2n) is 7.70. The minimum atomic E-state index is 0.595. The molecule has 0 aliphatic carbocycles. The predicted octanol–water partition coefficient (Wildman–Crippen LogP) is 3.96. The van der Waals surface area contributed by atoms with E-state index in [4.69, 9.17) is 9.97 Å². The van der Waals surface area contributed by atoms with E-state index in [2.05, 4.69) is 44.5 Å². The van der Waals surface area contributed by atoms with E-state index in [1.54, 1.807) is 24.9 Å². The molecule has 156 valence electrons. The van der Waals surface area contributed by atoms with Crippen LogP contribution in [-0.2, 0) is 0 Å². The molecule has 1 aliphatic rings. The van der Waals surface area contributed by atoms with Crippen LogP contribution in [0.4, 0.5) is 11.8 Å². The molecule has 8 nitrogen and oxygen atoms in total. The third-order valence-corrected chi connectivity index (χ3v) is 5.37. The number of aryl methyl sites for hydroxylation is 1. The van der Waals surface area contributed by atoms with Gasteiger partial charge in [-0.3, -0.25) is 15.0 Å². The molecule has 3 aromatic heterocycles. The van der Waals surface area contributed by atoms with Gasteiger partial charge in [-0.2, -0.15) is 15.1 Å². The van der Waals surface area contributed by atoms with Crippen LogP contribution in [0.5, 0.6) is 0 Å². The Labute approximate surface area is 180 Å². The van der Waals surface area contributed by atoms with Crippen molar-refractivity contribution in [2.75, 3.05) is 23.4 Å². The fraction of sp³-hybridized carbons (Fsp3) is 0.261. The van der Waals surface area contributed by atoms with Gasteiger partial charge >= 0.3 is 0 Å². The number of pyridine rings is 1. The van der Waals surface area contributed by atoms with E-state index in [9.17, 15) is 0 Å². The first-order valence-corrected chi connectivity index (χ1v) is 10.5. The summed E-state index contributed by atoms with van der Waals surface area (Å²) in [6, 6.07) is 12.1. The van der Waals surface area contributed by atoms with Crippen LogP contribution in [0.3, 0.4) is 0 Å². The molecule has 0 spiro atoms. The summed E-state index contributed by atoms with van der Waals surface area (Å²) in [7, 11) is 0. The van der Waals surface area contributed by atoms with Crippen LogP contribution in [0.25, 0.3) is 16.9 Å². The quantitative estimate of drug-likeness (QED) is 0.395. The van der Waals surface area contributed by atoms with Crippen LogP contribution in [0.2, 0.25) is 0 Å². The number of nitrogens with zero attached hydrogens (tertiary/aromatic N) is 7. The average Bonchev–Trinajstić information content (AvgIpc) is 3.24. The van der Waals surface area contributed by atoms with Crippen molar-refractivity contribution in [1.29, 1.82) is 0 Å². The number of imidazole rings is 1. The smallest absolute Gasteiger partial charge is 0.229 e. The lowest BCUT2D eigenvalue weighted by molar-refractivity contribution is 0.569. The van der Waals surface area contributed by atoms with Crippen LogP contribution in [-0.4, -0.2) is 43.8 Å². The van der Waals surface area contributed by atoms with Gasteiger partial charge in [0.15, 0.2) is 17.0 Å². The number of hydrazone groups is 1. The van der Waals surface area contributed by atoms with Crippen molar-refractivity contribution in [3.8, 4) is 5.69 Å². The lowest BCUT2D eigenvalue weighted by atomic mass is 10.1. The molecule has 8 heteroatoms. The third kappa shape index (κ3) is 4.09. The van der Waals surface area contributed by atoms with E-state index in [1.807, 2.05) is 28.8 Å². The molecule has 1 aromatic carbocycles. The van der Waals surface area contributed by atoms with Crippen LogP contribution in [0, 0.1) is 6.92 Å². The predicted molar refractivity (Wildman–Crippen MR) is 123 cm³/mol. The van der Waals surface area contributed by atoms with Gasteiger partial charge in [-0.25, -0.2) is 4.98 Å². The summed E-state index contributed by atoms with van der Waals surface area (Å²) in [5, 5.41) is 4.43. The standard InChI is InChI=1S/C23H24N8/c1-17-7-5-8-18(13-17)14-26-29-21-20-22(28-23(27-21)30-11-3-2-4-12-30)31(16-25-20)19-9-6-10-24-15-19/h5-10,13-16H,2-4,11-12H2,1H3,(H,27,28,29)/b26-14+. The second kappa shape index (κ2) is 8.51. The lowest BCUT2D eigenvalue weighted by Gasteiger charge is -2.26. The molecule has 1 saturated heterocycles. The van der Waals surface area contributed by atoms with Crippen LogP contribution >= 0.6 is 0 Å². The summed E-state index contributed by atoms with van der Waals surface area (Å²) < 4.78 is 1.94. The molecule has 0 unspecified atom stereocenters. The summed E-state index contributed by atoms with van der Waals surface area (Å²) in [5.74, 6) is 1.29. The third-order valence-electron chi connectivity index (χ3n) is 5.37. The Hall–Kier alpha value is -3.81. The Morgan fingerprint density at radius 3 is 2.77 bits per heavy atom. The zero-order valence-corrected chi connectivity index (χ0v) is 17.4. The Bertz CT molecular complexity index is 1210. The Morgan fingerprint density at radius 1 is 1.06 bits per heavy atom. The fourth-order valence-corrected chi connectivity index (χ4v) is 3.81. The van der Waals surface area contributed by atoms with Gasteiger partial charge in [0.05, 0.1) is 18.1 Å². The van der Waals surface area contributed by atoms with Gasteiger partial charge in [-0.05, 0) is 43.9 Å². The zero-order chi connectivity index (χ0) is 21.0. The molecular weight excluding hydrogens is 388 g/mol. The molecule has 4 heterocycles. The number of anilines is 2. The van der Waals surface area contributed by atoms with Crippen molar-refractivity contribution in [3.05, 3.63) is 66.2 Å². The number of aromatic nitrogens is 5. The minimum absolute atomic E-state index is 0.595. The van der Waals surface area contributed by atoms with Gasteiger partial charge in [0.25, 0.3) is 0 Å². The number of fused-ring (bicyclic) bond motifs is 1. The van der Waals surface area contributed by atoms with Crippen LogP contribution in [0.1, 0.15) is 30.4 Å². The van der Waals surface area contributed by atoms with Gasteiger partial charge in [0.1, 0.15) is 6.33 Å². The first-order valence-electron chi connectivity index (χ1n) is 10.5. The number of piperidine rings is 1. The van der Waals surface area contributed by atoms with E-state index in [-0.39, 0.29) is 0 Å². The van der Waals surface area contributed by atoms with E-state index in [1.165, 1.54) is 12.0 Å². The molecule has 0 saturated carbocycles. The second-order valence-corrected chi connectivity index (χ2v) is 7.70. The minimum Gasteiger partial charge on any atom is -0.341 e. The largest absolute Gasteiger partial charge is 0.341 e. The van der Waals surface area contributed by atoms with E-state index in [0.717, 1.165) is 42.8 Å². The summed E-state index contributed by atoms with van der Waals surface area (Å²) in [6.45, 7) is 3.98. The summed E-state index contributed by atoms with van der Waals surface area (Å²) in [4.78, 5) is 20.7. The van der Waals surface area contributed by atoms with Gasteiger partial charge in [-0.15, -0.1) is 0 Å². The zero-order valence-electron chi connectivity index (χ0n) is 17.4. The molecule has 0 bridgehead atoms. The highest BCUT2D eigenvalue weighted by Gasteiger charge is 2.19. The molecular formula is C23H24N8. The van der Waals surface area contributed by atoms with E-state index >= 15 is 0 Å². The number of nitrogens with one attached hydrogen (secondary N) is 1. The molecule has 31 heavy (non-hydrogen) atoms. The number of hydrogen-bond acceptors (Lipinski definition) is 7. The molecule has 1 N–H and O–H groups in total.